The van der Waals surface area contributed by atoms with Gasteiger partial charge in [0, 0.05) is 28.7 Å². The number of likely N-dealkylation sites (tertiary alicyclic amines) is 1. The number of carbonyl (C=O) groups is 1. The molecule has 1 atom stereocenters. The zero-order chi connectivity index (χ0) is 17.4. The molecule has 1 saturated heterocycles. The summed E-state index contributed by atoms with van der Waals surface area (Å²) in [6.45, 7) is 5.93. The van der Waals surface area contributed by atoms with Crippen molar-refractivity contribution >= 4 is 16.7 Å². The molecular weight excluding hydrogens is 316 g/mol. The number of Topliss-reactive ketones (excluding diaryl/α,β-unsaturated/α-hetero) is 1. The van der Waals surface area contributed by atoms with Crippen LogP contribution >= 0.6 is 0 Å². The predicted molar refractivity (Wildman–Crippen MR) is 94.8 cm³/mol. The number of aromatic amines is 1. The van der Waals surface area contributed by atoms with E-state index in [9.17, 15) is 4.79 Å². The third-order valence-corrected chi connectivity index (χ3v) is 4.94. The molecule has 3 heterocycles. The molecule has 6 heteroatoms. The Morgan fingerprint density at radius 3 is 3.00 bits per heavy atom. The molecular formula is C19H22N4O2. The van der Waals surface area contributed by atoms with Crippen LogP contribution in [0, 0.1) is 13.8 Å². The summed E-state index contributed by atoms with van der Waals surface area (Å²) in [7, 11) is 0. The monoisotopic (exact) mass is 338 g/mol. The van der Waals surface area contributed by atoms with Crippen LogP contribution in [0.4, 0.5) is 0 Å². The molecule has 0 unspecified atom stereocenters. The molecule has 1 aliphatic rings. The number of para-hydroxylation sites is 1. The minimum Gasteiger partial charge on any atom is -0.358 e. The highest BCUT2D eigenvalue weighted by Gasteiger charge is 2.27. The normalized spacial score (nSPS) is 18.7. The van der Waals surface area contributed by atoms with Gasteiger partial charge in [-0.25, -0.2) is 0 Å². The van der Waals surface area contributed by atoms with Gasteiger partial charge in [-0.15, -0.1) is 0 Å². The quantitative estimate of drug-likeness (QED) is 0.739. The van der Waals surface area contributed by atoms with E-state index < -0.39 is 0 Å². The number of piperidine rings is 1. The standard InChI is InChI=1S/C19H22N4O2/c1-12-18(15-7-3-4-8-16(15)20-12)17(24)11-23-9-5-6-14(10-23)19-21-13(2)22-25-19/h3-4,7-8,14,20H,5-6,9-11H2,1-2H3/t14-/m0/s1. The molecule has 0 aliphatic carbocycles. The van der Waals surface area contributed by atoms with Crippen molar-refractivity contribution < 1.29 is 9.32 Å². The lowest BCUT2D eigenvalue weighted by Crippen LogP contribution is -2.38. The van der Waals surface area contributed by atoms with Gasteiger partial charge >= 0.3 is 0 Å². The number of aromatic nitrogens is 3. The number of H-pyrrole nitrogens is 1. The largest absolute Gasteiger partial charge is 0.358 e. The topological polar surface area (TPSA) is 75.0 Å². The summed E-state index contributed by atoms with van der Waals surface area (Å²) in [5.74, 6) is 1.74. The van der Waals surface area contributed by atoms with Crippen LogP contribution in [0.25, 0.3) is 10.9 Å². The third kappa shape index (κ3) is 3.09. The Morgan fingerprint density at radius 2 is 2.20 bits per heavy atom. The second-order valence-corrected chi connectivity index (χ2v) is 6.85. The Labute approximate surface area is 146 Å². The first-order chi connectivity index (χ1) is 12.1. The number of hydrogen-bond acceptors (Lipinski definition) is 5. The maximum atomic E-state index is 12.9. The first-order valence-corrected chi connectivity index (χ1v) is 8.75. The molecule has 2 aromatic heterocycles. The summed E-state index contributed by atoms with van der Waals surface area (Å²) in [5.41, 5.74) is 2.76. The molecule has 130 valence electrons. The molecule has 1 aliphatic heterocycles. The van der Waals surface area contributed by atoms with Gasteiger partial charge in [0.15, 0.2) is 11.6 Å². The van der Waals surface area contributed by atoms with Crippen molar-refractivity contribution in [2.75, 3.05) is 19.6 Å². The van der Waals surface area contributed by atoms with E-state index in [4.69, 9.17) is 4.52 Å². The van der Waals surface area contributed by atoms with E-state index >= 15 is 0 Å². The third-order valence-electron chi connectivity index (χ3n) is 4.94. The number of benzene rings is 1. The Balaban J connectivity index is 1.51. The van der Waals surface area contributed by atoms with Gasteiger partial charge in [-0.3, -0.25) is 9.69 Å². The summed E-state index contributed by atoms with van der Waals surface area (Å²) in [4.78, 5) is 22.8. The predicted octanol–water partition coefficient (Wildman–Crippen LogP) is 3.23. The summed E-state index contributed by atoms with van der Waals surface area (Å²) < 4.78 is 5.33. The van der Waals surface area contributed by atoms with Gasteiger partial charge in [0.05, 0.1) is 12.5 Å². The van der Waals surface area contributed by atoms with Gasteiger partial charge in [-0.1, -0.05) is 23.4 Å². The van der Waals surface area contributed by atoms with Gasteiger partial charge in [0.2, 0.25) is 5.89 Å². The Morgan fingerprint density at radius 1 is 1.36 bits per heavy atom. The smallest absolute Gasteiger partial charge is 0.231 e. The van der Waals surface area contributed by atoms with Crippen LogP contribution in [-0.2, 0) is 0 Å². The first kappa shape index (κ1) is 16.0. The number of nitrogens with one attached hydrogen (secondary N) is 1. The molecule has 4 rings (SSSR count). The number of aryl methyl sites for hydroxylation is 2. The minimum atomic E-state index is 0.164. The van der Waals surface area contributed by atoms with E-state index in [1.54, 1.807) is 0 Å². The second kappa shape index (κ2) is 6.44. The van der Waals surface area contributed by atoms with E-state index in [1.165, 1.54) is 0 Å². The van der Waals surface area contributed by atoms with Crippen molar-refractivity contribution in [1.82, 2.24) is 20.0 Å². The van der Waals surface area contributed by atoms with Gasteiger partial charge in [0.25, 0.3) is 0 Å². The fourth-order valence-corrected chi connectivity index (χ4v) is 3.80. The molecule has 1 fully saturated rings. The number of nitrogens with zero attached hydrogens (tertiary/aromatic N) is 3. The molecule has 0 spiro atoms. The van der Waals surface area contributed by atoms with Gasteiger partial charge in [0.1, 0.15) is 0 Å². The van der Waals surface area contributed by atoms with Crippen LogP contribution in [-0.4, -0.2) is 45.4 Å². The number of hydrogen-bond donors (Lipinski definition) is 1. The molecule has 1 N–H and O–H groups in total. The van der Waals surface area contributed by atoms with Crippen LogP contribution in [0.5, 0.6) is 0 Å². The lowest BCUT2D eigenvalue weighted by molar-refractivity contribution is 0.0900. The molecule has 1 aromatic carbocycles. The maximum absolute atomic E-state index is 12.9. The van der Waals surface area contributed by atoms with Crippen molar-refractivity contribution in [2.45, 2.75) is 32.6 Å². The molecule has 0 amide bonds. The lowest BCUT2D eigenvalue weighted by Gasteiger charge is -2.30. The van der Waals surface area contributed by atoms with E-state index in [-0.39, 0.29) is 11.7 Å². The SMILES string of the molecule is Cc1noc([C@H]2CCCN(CC(=O)c3c(C)[nH]c4ccccc34)C2)n1. The fourth-order valence-electron chi connectivity index (χ4n) is 3.80. The maximum Gasteiger partial charge on any atom is 0.231 e. The number of fused-ring (bicyclic) bond motifs is 1. The van der Waals surface area contributed by atoms with E-state index in [0.29, 0.717) is 18.3 Å². The highest BCUT2D eigenvalue weighted by molar-refractivity contribution is 6.10. The molecule has 6 nitrogen and oxygen atoms in total. The number of ketones is 1. The number of rotatable bonds is 4. The molecule has 25 heavy (non-hydrogen) atoms. The zero-order valence-corrected chi connectivity index (χ0v) is 14.6. The van der Waals surface area contributed by atoms with Crippen molar-refractivity contribution in [2.24, 2.45) is 0 Å². The summed E-state index contributed by atoms with van der Waals surface area (Å²) >= 11 is 0. The Hall–Kier alpha value is -2.47. The van der Waals surface area contributed by atoms with Crippen LogP contribution in [0.15, 0.2) is 28.8 Å². The average Bonchev–Trinajstić information content (AvgIpc) is 3.17. The van der Waals surface area contributed by atoms with E-state index in [1.807, 2.05) is 38.1 Å². The van der Waals surface area contributed by atoms with Crippen LogP contribution < -0.4 is 0 Å². The first-order valence-electron chi connectivity index (χ1n) is 8.75. The summed E-state index contributed by atoms with van der Waals surface area (Å²) in [5, 5.41) is 4.89. The van der Waals surface area contributed by atoms with E-state index in [2.05, 4.69) is 20.0 Å². The minimum absolute atomic E-state index is 0.164. The van der Waals surface area contributed by atoms with Gasteiger partial charge in [-0.05, 0) is 39.3 Å². The van der Waals surface area contributed by atoms with Crippen LogP contribution in [0.1, 0.15) is 46.5 Å². The Bertz CT molecular complexity index is 911. The highest BCUT2D eigenvalue weighted by Crippen LogP contribution is 2.27. The van der Waals surface area contributed by atoms with Gasteiger partial charge in [-0.2, -0.15) is 4.98 Å². The molecule has 0 saturated carbocycles. The van der Waals surface area contributed by atoms with Crippen molar-refractivity contribution in [3.8, 4) is 0 Å². The molecule has 3 aromatic rings. The number of carbonyl (C=O) groups excluding carboxylic acids is 1. The van der Waals surface area contributed by atoms with E-state index in [0.717, 1.165) is 48.1 Å². The molecule has 0 bridgehead atoms. The summed E-state index contributed by atoms with van der Waals surface area (Å²) in [6.07, 6.45) is 2.06. The Kier molecular flexibility index (Phi) is 4.13. The van der Waals surface area contributed by atoms with Crippen LogP contribution in [0.3, 0.4) is 0 Å². The van der Waals surface area contributed by atoms with Gasteiger partial charge < -0.3 is 9.51 Å². The average molecular weight is 338 g/mol. The van der Waals surface area contributed by atoms with Crippen molar-refractivity contribution in [3.63, 3.8) is 0 Å². The van der Waals surface area contributed by atoms with Crippen LogP contribution in [0.2, 0.25) is 0 Å². The molecule has 0 radical (unpaired) electrons. The van der Waals surface area contributed by atoms with Crippen molar-refractivity contribution in [3.05, 3.63) is 47.2 Å². The van der Waals surface area contributed by atoms with Crippen molar-refractivity contribution in [1.29, 1.82) is 0 Å². The zero-order valence-electron chi connectivity index (χ0n) is 14.6. The fraction of sp³-hybridized carbons (Fsp3) is 0.421. The highest BCUT2D eigenvalue weighted by atomic mass is 16.5. The summed E-state index contributed by atoms with van der Waals surface area (Å²) in [6, 6.07) is 7.97. The lowest BCUT2D eigenvalue weighted by atomic mass is 9.97. The second-order valence-electron chi connectivity index (χ2n) is 6.85.